The molecule has 6 nitrogen and oxygen atoms in total. The fourth-order valence-electron chi connectivity index (χ4n) is 1.77. The number of aromatic amines is 1. The third-order valence-electron chi connectivity index (χ3n) is 2.73. The molecule has 0 fully saturated rings. The summed E-state index contributed by atoms with van der Waals surface area (Å²) in [5, 5.41) is 10.7. The van der Waals surface area contributed by atoms with Crippen LogP contribution < -0.4 is 4.90 Å². The number of nitrogens with one attached hydrogen (secondary N) is 1. The number of H-pyrrole nitrogens is 1. The van der Waals surface area contributed by atoms with Crippen LogP contribution in [0.4, 0.5) is 11.6 Å². The summed E-state index contributed by atoms with van der Waals surface area (Å²) in [6, 6.07) is 4.64. The molecule has 0 aliphatic rings. The van der Waals surface area contributed by atoms with Crippen LogP contribution in [0.15, 0.2) is 18.2 Å². The molecule has 0 atom stereocenters. The molecule has 1 N–H and O–H groups in total. The van der Waals surface area contributed by atoms with Crippen molar-refractivity contribution >= 4 is 22.7 Å². The maximum Gasteiger partial charge on any atom is 0.271 e. The van der Waals surface area contributed by atoms with E-state index in [4.69, 9.17) is 0 Å². The monoisotopic (exact) mass is 234 g/mol. The third-order valence-corrected chi connectivity index (χ3v) is 2.73. The molecule has 1 heterocycles. The van der Waals surface area contributed by atoms with Crippen LogP contribution in [0.3, 0.4) is 0 Å². The summed E-state index contributed by atoms with van der Waals surface area (Å²) in [4.78, 5) is 19.8. The second-order valence-electron chi connectivity index (χ2n) is 3.69. The van der Waals surface area contributed by atoms with Gasteiger partial charge >= 0.3 is 0 Å². The van der Waals surface area contributed by atoms with Gasteiger partial charge in [-0.2, -0.15) is 0 Å². The normalized spacial score (nSPS) is 10.7. The van der Waals surface area contributed by atoms with Gasteiger partial charge in [0, 0.05) is 25.2 Å². The predicted octanol–water partition coefficient (Wildman–Crippen LogP) is 2.32. The zero-order chi connectivity index (χ0) is 12.4. The zero-order valence-corrected chi connectivity index (χ0v) is 9.80. The highest BCUT2D eigenvalue weighted by atomic mass is 16.6. The van der Waals surface area contributed by atoms with E-state index in [1.165, 1.54) is 12.1 Å². The SMILES string of the molecule is CCN(CC)c1nc2ccc([N+](=O)[O-])cc2[nH]1. The van der Waals surface area contributed by atoms with E-state index in [1.807, 2.05) is 13.8 Å². The summed E-state index contributed by atoms with van der Waals surface area (Å²) in [5.74, 6) is 0.755. The quantitative estimate of drug-likeness (QED) is 0.650. The van der Waals surface area contributed by atoms with E-state index in [2.05, 4.69) is 14.9 Å². The molecule has 0 aliphatic heterocycles. The Labute approximate surface area is 98.4 Å². The Morgan fingerprint density at radius 3 is 2.71 bits per heavy atom. The van der Waals surface area contributed by atoms with Gasteiger partial charge in [0.05, 0.1) is 16.0 Å². The van der Waals surface area contributed by atoms with Crippen LogP contribution in [-0.4, -0.2) is 28.0 Å². The van der Waals surface area contributed by atoms with Crippen molar-refractivity contribution in [3.05, 3.63) is 28.3 Å². The number of anilines is 1. The van der Waals surface area contributed by atoms with E-state index >= 15 is 0 Å². The molecule has 2 rings (SSSR count). The highest BCUT2D eigenvalue weighted by Crippen LogP contribution is 2.21. The Bertz CT molecular complexity index is 545. The van der Waals surface area contributed by atoms with Crippen molar-refractivity contribution in [1.82, 2.24) is 9.97 Å². The van der Waals surface area contributed by atoms with E-state index in [9.17, 15) is 10.1 Å². The van der Waals surface area contributed by atoms with Crippen molar-refractivity contribution in [2.45, 2.75) is 13.8 Å². The van der Waals surface area contributed by atoms with Crippen LogP contribution in [0.1, 0.15) is 13.8 Å². The van der Waals surface area contributed by atoms with Gasteiger partial charge in [0.2, 0.25) is 5.95 Å². The number of benzene rings is 1. The van der Waals surface area contributed by atoms with Crippen LogP contribution in [0.5, 0.6) is 0 Å². The van der Waals surface area contributed by atoms with Gasteiger partial charge in [0.1, 0.15) is 0 Å². The highest BCUT2D eigenvalue weighted by molar-refractivity contribution is 5.80. The maximum absolute atomic E-state index is 10.7. The van der Waals surface area contributed by atoms with Crippen LogP contribution in [0.2, 0.25) is 0 Å². The van der Waals surface area contributed by atoms with Crippen molar-refractivity contribution < 1.29 is 4.92 Å². The van der Waals surface area contributed by atoms with Crippen LogP contribution in [0, 0.1) is 10.1 Å². The summed E-state index contributed by atoms with van der Waals surface area (Å²) in [6.07, 6.45) is 0. The van der Waals surface area contributed by atoms with Crippen LogP contribution >= 0.6 is 0 Å². The van der Waals surface area contributed by atoms with Gasteiger partial charge < -0.3 is 9.88 Å². The average Bonchev–Trinajstić information content (AvgIpc) is 2.72. The molecule has 17 heavy (non-hydrogen) atoms. The Morgan fingerprint density at radius 2 is 2.12 bits per heavy atom. The predicted molar refractivity (Wildman–Crippen MR) is 66.3 cm³/mol. The van der Waals surface area contributed by atoms with Crippen molar-refractivity contribution in [2.24, 2.45) is 0 Å². The molecule has 0 radical (unpaired) electrons. The van der Waals surface area contributed by atoms with Gasteiger partial charge in [-0.05, 0) is 19.9 Å². The van der Waals surface area contributed by atoms with E-state index in [-0.39, 0.29) is 5.69 Å². The molecule has 0 spiro atoms. The van der Waals surface area contributed by atoms with Gasteiger partial charge in [-0.25, -0.2) is 4.98 Å². The number of nitro benzene ring substituents is 1. The average molecular weight is 234 g/mol. The van der Waals surface area contributed by atoms with Gasteiger partial charge in [-0.1, -0.05) is 0 Å². The molecular weight excluding hydrogens is 220 g/mol. The number of hydrogen-bond donors (Lipinski definition) is 1. The lowest BCUT2D eigenvalue weighted by Crippen LogP contribution is -2.22. The molecule has 0 saturated heterocycles. The Kier molecular flexibility index (Phi) is 2.95. The second kappa shape index (κ2) is 4.40. The smallest absolute Gasteiger partial charge is 0.271 e. The summed E-state index contributed by atoms with van der Waals surface area (Å²) in [6.45, 7) is 5.77. The summed E-state index contributed by atoms with van der Waals surface area (Å²) in [7, 11) is 0. The number of aromatic nitrogens is 2. The molecule has 90 valence electrons. The number of imidazole rings is 1. The first-order valence-corrected chi connectivity index (χ1v) is 5.54. The molecule has 0 amide bonds. The number of nitrogens with zero attached hydrogens (tertiary/aromatic N) is 3. The minimum Gasteiger partial charge on any atom is -0.343 e. The lowest BCUT2D eigenvalue weighted by atomic mass is 10.3. The van der Waals surface area contributed by atoms with Gasteiger partial charge in [0.15, 0.2) is 0 Å². The molecule has 2 aromatic rings. The zero-order valence-electron chi connectivity index (χ0n) is 9.80. The third kappa shape index (κ3) is 2.06. The van der Waals surface area contributed by atoms with Gasteiger partial charge in [-0.3, -0.25) is 10.1 Å². The Hall–Kier alpha value is -2.11. The van der Waals surface area contributed by atoms with Crippen molar-refractivity contribution in [1.29, 1.82) is 0 Å². The summed E-state index contributed by atoms with van der Waals surface area (Å²) in [5.41, 5.74) is 1.52. The first kappa shape index (κ1) is 11.4. The number of nitro groups is 1. The second-order valence-corrected chi connectivity index (χ2v) is 3.69. The number of non-ortho nitro benzene ring substituents is 1. The molecule has 0 aliphatic carbocycles. The number of rotatable bonds is 4. The standard InChI is InChI=1S/C11H14N4O2/c1-3-14(4-2)11-12-9-6-5-8(15(16)17)7-10(9)13-11/h5-7H,3-4H2,1-2H3,(H,12,13). The van der Waals surface area contributed by atoms with Crippen molar-refractivity contribution in [3.8, 4) is 0 Å². The first-order chi connectivity index (χ1) is 8.15. The lowest BCUT2D eigenvalue weighted by molar-refractivity contribution is -0.384. The first-order valence-electron chi connectivity index (χ1n) is 5.54. The molecular formula is C11H14N4O2. The largest absolute Gasteiger partial charge is 0.343 e. The Balaban J connectivity index is 2.46. The summed E-state index contributed by atoms with van der Waals surface area (Å²) < 4.78 is 0. The maximum atomic E-state index is 10.7. The van der Waals surface area contributed by atoms with E-state index in [0.29, 0.717) is 5.52 Å². The fraction of sp³-hybridized carbons (Fsp3) is 0.364. The lowest BCUT2D eigenvalue weighted by Gasteiger charge is -2.16. The molecule has 1 aromatic carbocycles. The number of hydrogen-bond acceptors (Lipinski definition) is 4. The van der Waals surface area contributed by atoms with E-state index in [1.54, 1.807) is 6.07 Å². The summed E-state index contributed by atoms with van der Waals surface area (Å²) >= 11 is 0. The molecule has 1 aromatic heterocycles. The minimum atomic E-state index is -0.405. The van der Waals surface area contributed by atoms with Crippen LogP contribution in [-0.2, 0) is 0 Å². The Morgan fingerprint density at radius 1 is 1.41 bits per heavy atom. The van der Waals surface area contributed by atoms with E-state index in [0.717, 1.165) is 24.6 Å². The fourth-order valence-corrected chi connectivity index (χ4v) is 1.77. The van der Waals surface area contributed by atoms with Crippen molar-refractivity contribution in [3.63, 3.8) is 0 Å². The molecule has 0 bridgehead atoms. The van der Waals surface area contributed by atoms with E-state index < -0.39 is 4.92 Å². The van der Waals surface area contributed by atoms with Crippen molar-refractivity contribution in [2.75, 3.05) is 18.0 Å². The number of fused-ring (bicyclic) bond motifs is 1. The van der Waals surface area contributed by atoms with Gasteiger partial charge in [-0.15, -0.1) is 0 Å². The molecule has 0 unspecified atom stereocenters. The minimum absolute atomic E-state index is 0.0762. The molecule has 6 heteroatoms. The molecule has 0 saturated carbocycles. The topological polar surface area (TPSA) is 75.1 Å². The van der Waals surface area contributed by atoms with Crippen LogP contribution in [0.25, 0.3) is 11.0 Å². The van der Waals surface area contributed by atoms with Gasteiger partial charge in [0.25, 0.3) is 5.69 Å². The highest BCUT2D eigenvalue weighted by Gasteiger charge is 2.11.